The van der Waals surface area contributed by atoms with E-state index >= 15 is 0 Å². The Morgan fingerprint density at radius 1 is 1.11 bits per heavy atom. The third-order valence-electron chi connectivity index (χ3n) is 5.90. The molecule has 1 saturated carbocycles. The van der Waals surface area contributed by atoms with E-state index in [-0.39, 0.29) is 41.5 Å². The summed E-state index contributed by atoms with van der Waals surface area (Å²) in [5, 5.41) is 4.69. The Bertz CT molecular complexity index is 1040. The molecule has 0 bridgehead atoms. The van der Waals surface area contributed by atoms with E-state index in [1.165, 1.54) is 6.20 Å². The highest BCUT2D eigenvalue weighted by Crippen LogP contribution is 2.28. The van der Waals surface area contributed by atoms with Gasteiger partial charge in [-0.25, -0.2) is 8.42 Å². The van der Waals surface area contributed by atoms with Gasteiger partial charge >= 0.3 is 0 Å². The molecular weight excluding hydrogens is 378 g/mol. The maximum Gasteiger partial charge on any atom is 0.244 e. The topological polar surface area (TPSA) is 89.3 Å². The summed E-state index contributed by atoms with van der Waals surface area (Å²) in [6.45, 7) is 0.00778. The number of amides is 1. The van der Waals surface area contributed by atoms with Crippen molar-refractivity contribution in [3.63, 3.8) is 0 Å². The second kappa shape index (κ2) is 7.66. The molecule has 0 spiro atoms. The molecule has 2 fully saturated rings. The Morgan fingerprint density at radius 3 is 2.57 bits per heavy atom. The highest BCUT2D eigenvalue weighted by molar-refractivity contribution is 7.91. The monoisotopic (exact) mass is 403 g/mol. The Labute approximate surface area is 164 Å². The molecule has 150 valence electrons. The number of sulfone groups is 1. The normalized spacial score (nSPS) is 22.4. The number of fused-ring (bicyclic) bond motifs is 1. The first-order valence-corrected chi connectivity index (χ1v) is 11.7. The standard InChI is InChI=1S/C20H25N3O4S/c24-19-12-21-22(18-9-5-4-8-17(18)19)13-20(25)23(15-6-2-1-3-7-15)16-10-11-28(26,27)14-16/h4-5,8-9,12,15-16H,1-3,6-7,10-11,13-14H2/t16-/m1/s1. The van der Waals surface area contributed by atoms with Crippen molar-refractivity contribution in [1.29, 1.82) is 0 Å². The molecule has 1 aliphatic heterocycles. The summed E-state index contributed by atoms with van der Waals surface area (Å²) in [6.07, 6.45) is 6.86. The summed E-state index contributed by atoms with van der Waals surface area (Å²) < 4.78 is 25.6. The highest BCUT2D eigenvalue weighted by atomic mass is 32.2. The van der Waals surface area contributed by atoms with Gasteiger partial charge in [0.25, 0.3) is 0 Å². The Balaban J connectivity index is 1.64. The van der Waals surface area contributed by atoms with Crippen LogP contribution >= 0.6 is 0 Å². The number of carbonyl (C=O) groups is 1. The Kier molecular flexibility index (Phi) is 5.23. The molecule has 2 aromatic rings. The fourth-order valence-electron chi connectivity index (χ4n) is 4.56. The lowest BCUT2D eigenvalue weighted by Crippen LogP contribution is -2.50. The molecule has 1 amide bonds. The van der Waals surface area contributed by atoms with E-state index in [0.717, 1.165) is 32.1 Å². The van der Waals surface area contributed by atoms with Gasteiger partial charge in [0.05, 0.1) is 23.2 Å². The second-order valence-electron chi connectivity index (χ2n) is 7.83. The van der Waals surface area contributed by atoms with E-state index in [0.29, 0.717) is 17.3 Å². The van der Waals surface area contributed by atoms with Crippen LogP contribution in [-0.2, 0) is 21.2 Å². The van der Waals surface area contributed by atoms with Crippen molar-refractivity contribution < 1.29 is 13.2 Å². The number of hydrogen-bond acceptors (Lipinski definition) is 5. The summed E-state index contributed by atoms with van der Waals surface area (Å²) in [5.41, 5.74) is 0.441. The Morgan fingerprint density at radius 2 is 1.86 bits per heavy atom. The fraction of sp³-hybridized carbons (Fsp3) is 0.550. The van der Waals surface area contributed by atoms with E-state index < -0.39 is 9.84 Å². The summed E-state index contributed by atoms with van der Waals surface area (Å²) in [6, 6.07) is 6.93. The van der Waals surface area contributed by atoms with Gasteiger partial charge in [0.1, 0.15) is 6.54 Å². The number of rotatable bonds is 4. The van der Waals surface area contributed by atoms with Gasteiger partial charge in [-0.15, -0.1) is 0 Å². The van der Waals surface area contributed by atoms with Crippen molar-refractivity contribution in [2.24, 2.45) is 0 Å². The summed E-state index contributed by atoms with van der Waals surface area (Å²) in [5.74, 6) is 0.0799. The number of aromatic nitrogens is 2. The lowest BCUT2D eigenvalue weighted by molar-refractivity contribution is -0.137. The van der Waals surface area contributed by atoms with Gasteiger partial charge in [0, 0.05) is 17.5 Å². The van der Waals surface area contributed by atoms with Crippen molar-refractivity contribution in [1.82, 2.24) is 14.7 Å². The number of carbonyl (C=O) groups excluding carboxylic acids is 1. The first-order valence-electron chi connectivity index (χ1n) is 9.91. The number of benzene rings is 1. The van der Waals surface area contributed by atoms with E-state index in [1.807, 2.05) is 11.0 Å². The quantitative estimate of drug-likeness (QED) is 0.776. The molecular formula is C20H25N3O4S. The third-order valence-corrected chi connectivity index (χ3v) is 7.66. The molecule has 1 atom stereocenters. The summed E-state index contributed by atoms with van der Waals surface area (Å²) in [4.78, 5) is 27.2. The van der Waals surface area contributed by atoms with Crippen molar-refractivity contribution >= 4 is 26.6 Å². The number of nitrogens with zero attached hydrogens (tertiary/aromatic N) is 3. The van der Waals surface area contributed by atoms with Crippen LogP contribution in [0.4, 0.5) is 0 Å². The van der Waals surface area contributed by atoms with Crippen molar-refractivity contribution in [2.45, 2.75) is 57.2 Å². The van der Waals surface area contributed by atoms with Crippen LogP contribution in [0.15, 0.2) is 35.3 Å². The van der Waals surface area contributed by atoms with E-state index in [9.17, 15) is 18.0 Å². The highest BCUT2D eigenvalue weighted by Gasteiger charge is 2.38. The van der Waals surface area contributed by atoms with Crippen LogP contribution < -0.4 is 5.43 Å². The maximum absolute atomic E-state index is 13.3. The van der Waals surface area contributed by atoms with E-state index in [2.05, 4.69) is 5.10 Å². The minimum Gasteiger partial charge on any atom is -0.334 e. The molecule has 0 unspecified atom stereocenters. The number of hydrogen-bond donors (Lipinski definition) is 0. The molecule has 1 aromatic heterocycles. The van der Waals surface area contributed by atoms with Crippen LogP contribution in [0.3, 0.4) is 0 Å². The van der Waals surface area contributed by atoms with Crippen LogP contribution in [0.5, 0.6) is 0 Å². The van der Waals surface area contributed by atoms with Crippen molar-refractivity contribution in [2.75, 3.05) is 11.5 Å². The fourth-order valence-corrected chi connectivity index (χ4v) is 6.27. The predicted octanol–water partition coefficient (Wildman–Crippen LogP) is 1.74. The molecule has 1 saturated heterocycles. The Hall–Kier alpha value is -2.22. The van der Waals surface area contributed by atoms with E-state index in [4.69, 9.17) is 0 Å². The van der Waals surface area contributed by atoms with Gasteiger partial charge < -0.3 is 4.90 Å². The van der Waals surface area contributed by atoms with Gasteiger partial charge in [-0.05, 0) is 31.4 Å². The van der Waals surface area contributed by atoms with Crippen LogP contribution in [0.25, 0.3) is 10.9 Å². The zero-order chi connectivity index (χ0) is 19.7. The lowest BCUT2D eigenvalue weighted by atomic mass is 9.93. The first-order chi connectivity index (χ1) is 13.4. The van der Waals surface area contributed by atoms with Gasteiger partial charge in [-0.2, -0.15) is 5.10 Å². The SMILES string of the molecule is O=C(Cn1ncc(=O)c2ccccc21)N(C1CCCCC1)[C@@H]1CCS(=O)(=O)C1. The smallest absolute Gasteiger partial charge is 0.244 e. The average molecular weight is 404 g/mol. The molecule has 7 nitrogen and oxygen atoms in total. The van der Waals surface area contributed by atoms with Gasteiger partial charge in [-0.1, -0.05) is 31.4 Å². The largest absolute Gasteiger partial charge is 0.334 e. The van der Waals surface area contributed by atoms with Crippen LogP contribution in [0.1, 0.15) is 38.5 Å². The molecule has 0 radical (unpaired) electrons. The molecule has 0 N–H and O–H groups in total. The lowest BCUT2D eigenvalue weighted by Gasteiger charge is -2.38. The molecule has 8 heteroatoms. The molecule has 2 aliphatic rings. The van der Waals surface area contributed by atoms with Crippen LogP contribution in [0, 0.1) is 0 Å². The van der Waals surface area contributed by atoms with Crippen molar-refractivity contribution in [3.05, 3.63) is 40.7 Å². The molecule has 4 rings (SSSR count). The minimum atomic E-state index is -3.08. The minimum absolute atomic E-state index is 0.00778. The van der Waals surface area contributed by atoms with Gasteiger partial charge in [-0.3, -0.25) is 14.3 Å². The second-order valence-corrected chi connectivity index (χ2v) is 10.1. The molecule has 2 heterocycles. The first kappa shape index (κ1) is 19.1. The summed E-state index contributed by atoms with van der Waals surface area (Å²) in [7, 11) is -3.08. The zero-order valence-electron chi connectivity index (χ0n) is 15.8. The van der Waals surface area contributed by atoms with Gasteiger partial charge in [0.2, 0.25) is 11.3 Å². The van der Waals surface area contributed by atoms with Crippen LogP contribution in [0.2, 0.25) is 0 Å². The van der Waals surface area contributed by atoms with E-state index in [1.54, 1.807) is 22.9 Å². The maximum atomic E-state index is 13.3. The van der Waals surface area contributed by atoms with Crippen LogP contribution in [-0.4, -0.2) is 52.6 Å². The molecule has 1 aromatic carbocycles. The average Bonchev–Trinajstić information content (AvgIpc) is 3.04. The molecule has 28 heavy (non-hydrogen) atoms. The summed E-state index contributed by atoms with van der Waals surface area (Å²) >= 11 is 0. The third kappa shape index (κ3) is 3.83. The van der Waals surface area contributed by atoms with Crippen molar-refractivity contribution in [3.8, 4) is 0 Å². The predicted molar refractivity (Wildman–Crippen MR) is 107 cm³/mol. The van der Waals surface area contributed by atoms with Gasteiger partial charge in [0.15, 0.2) is 9.84 Å². The number of para-hydroxylation sites is 1. The molecule has 1 aliphatic carbocycles. The zero-order valence-corrected chi connectivity index (χ0v) is 16.6.